The van der Waals surface area contributed by atoms with Crippen molar-refractivity contribution in [3.05, 3.63) is 36.7 Å². The molecule has 1 aliphatic carbocycles. The van der Waals surface area contributed by atoms with Gasteiger partial charge in [-0.3, -0.25) is 4.68 Å². The Labute approximate surface area is 198 Å². The second kappa shape index (κ2) is 8.91. The molecule has 3 aromatic heterocycles. The van der Waals surface area contributed by atoms with Gasteiger partial charge in [-0.05, 0) is 57.7 Å². The summed E-state index contributed by atoms with van der Waals surface area (Å²) in [6, 6.07) is 9.76. The number of piperidine rings is 1. The van der Waals surface area contributed by atoms with Crippen molar-refractivity contribution in [2.45, 2.75) is 57.0 Å². The maximum absolute atomic E-state index is 4.96. The number of aryl methyl sites for hydroxylation is 1. The van der Waals surface area contributed by atoms with E-state index in [0.29, 0.717) is 12.0 Å². The number of fused-ring (bicyclic) bond motifs is 3. The second-order valence-electron chi connectivity index (χ2n) is 9.45. The molecule has 6 rings (SSSR count). The van der Waals surface area contributed by atoms with Crippen LogP contribution in [-0.2, 0) is 7.05 Å². The number of rotatable bonds is 5. The van der Waals surface area contributed by atoms with Gasteiger partial charge in [-0.1, -0.05) is 24.6 Å². The zero-order valence-corrected chi connectivity index (χ0v) is 19.9. The molecular weight excluding hydrogens is 430 g/mol. The van der Waals surface area contributed by atoms with Crippen LogP contribution in [0.5, 0.6) is 0 Å². The third kappa shape index (κ3) is 4.29. The number of nitrogens with one attached hydrogen (secondary N) is 2. The molecule has 0 unspecified atom stereocenters. The van der Waals surface area contributed by atoms with Crippen LogP contribution in [-0.4, -0.2) is 49.8 Å². The van der Waals surface area contributed by atoms with E-state index in [-0.39, 0.29) is 0 Å². The van der Waals surface area contributed by atoms with Crippen LogP contribution in [0, 0.1) is 0 Å². The van der Waals surface area contributed by atoms with Crippen molar-refractivity contribution in [1.82, 2.24) is 24.6 Å². The fourth-order valence-electron chi connectivity index (χ4n) is 5.46. The first kappa shape index (κ1) is 20.9. The standard InChI is InChI=1S/C25H31N7S/c1-31-16-18(15-26-31)28-25-29-23(22-20-7-3-4-8-21(20)33-24(22)30-25)27-17-9-11-19(12-10-17)32-13-5-2-6-14-32/h3-4,7-8,15-17,19H,2,5-6,9-14H2,1H3,(H2,27,28,29,30)/t17-,19-. The molecule has 33 heavy (non-hydrogen) atoms. The highest BCUT2D eigenvalue weighted by Gasteiger charge is 2.27. The molecule has 0 atom stereocenters. The molecule has 8 heteroatoms. The van der Waals surface area contributed by atoms with Gasteiger partial charge in [0.05, 0.1) is 17.3 Å². The molecule has 1 saturated carbocycles. The maximum Gasteiger partial charge on any atom is 0.230 e. The minimum Gasteiger partial charge on any atom is -0.367 e. The lowest BCUT2D eigenvalue weighted by Crippen LogP contribution is -2.43. The summed E-state index contributed by atoms with van der Waals surface area (Å²) in [6.07, 6.45) is 12.8. The molecule has 1 aliphatic heterocycles. The number of benzene rings is 1. The Morgan fingerprint density at radius 2 is 1.82 bits per heavy atom. The molecule has 4 aromatic rings. The smallest absolute Gasteiger partial charge is 0.230 e. The van der Waals surface area contributed by atoms with Gasteiger partial charge < -0.3 is 15.5 Å². The summed E-state index contributed by atoms with van der Waals surface area (Å²) >= 11 is 1.73. The van der Waals surface area contributed by atoms with Crippen LogP contribution in [0.3, 0.4) is 0 Å². The third-order valence-electron chi connectivity index (χ3n) is 7.14. The number of hydrogen-bond donors (Lipinski definition) is 2. The zero-order chi connectivity index (χ0) is 22.2. The molecule has 4 heterocycles. The Morgan fingerprint density at radius 3 is 2.61 bits per heavy atom. The van der Waals surface area contributed by atoms with Gasteiger partial charge >= 0.3 is 0 Å². The summed E-state index contributed by atoms with van der Waals surface area (Å²) in [5.41, 5.74) is 0.894. The normalized spacial score (nSPS) is 22.1. The van der Waals surface area contributed by atoms with Gasteiger partial charge in [0.2, 0.25) is 5.95 Å². The van der Waals surface area contributed by atoms with E-state index in [0.717, 1.165) is 27.8 Å². The monoisotopic (exact) mass is 461 g/mol. The fraction of sp³-hybridized carbons (Fsp3) is 0.480. The fourth-order valence-corrected chi connectivity index (χ4v) is 6.54. The average Bonchev–Trinajstić information content (AvgIpc) is 3.43. The number of aromatic nitrogens is 4. The van der Waals surface area contributed by atoms with Gasteiger partial charge in [-0.2, -0.15) is 10.1 Å². The van der Waals surface area contributed by atoms with Crippen LogP contribution >= 0.6 is 11.3 Å². The molecule has 172 valence electrons. The van der Waals surface area contributed by atoms with E-state index in [1.54, 1.807) is 22.2 Å². The molecule has 1 saturated heterocycles. The first-order valence-corrected chi connectivity index (χ1v) is 13.0. The van der Waals surface area contributed by atoms with Crippen molar-refractivity contribution >= 4 is 49.1 Å². The van der Waals surface area contributed by atoms with Crippen LogP contribution in [0.4, 0.5) is 17.5 Å². The SMILES string of the molecule is Cn1cc(Nc2nc(N[C@H]3CC[C@H](N4CCCCC4)CC3)c3c(n2)sc2ccccc23)cn1. The summed E-state index contributed by atoms with van der Waals surface area (Å²) in [5.74, 6) is 1.57. The van der Waals surface area contributed by atoms with E-state index >= 15 is 0 Å². The van der Waals surface area contributed by atoms with Crippen LogP contribution in [0.1, 0.15) is 44.9 Å². The highest BCUT2D eigenvalue weighted by atomic mass is 32.1. The molecule has 7 nitrogen and oxygen atoms in total. The van der Waals surface area contributed by atoms with Crippen LogP contribution in [0.2, 0.25) is 0 Å². The lowest BCUT2D eigenvalue weighted by atomic mass is 9.89. The number of thiophene rings is 1. The van der Waals surface area contributed by atoms with Gasteiger partial charge in [-0.15, -0.1) is 11.3 Å². The maximum atomic E-state index is 4.96. The Kier molecular flexibility index (Phi) is 5.63. The summed E-state index contributed by atoms with van der Waals surface area (Å²) < 4.78 is 3.03. The first-order valence-electron chi connectivity index (χ1n) is 12.2. The van der Waals surface area contributed by atoms with Gasteiger partial charge in [-0.25, -0.2) is 4.98 Å². The molecule has 0 amide bonds. The average molecular weight is 462 g/mol. The van der Waals surface area contributed by atoms with Crippen molar-refractivity contribution in [2.24, 2.45) is 7.05 Å². The van der Waals surface area contributed by atoms with E-state index in [1.807, 2.05) is 13.2 Å². The molecule has 0 spiro atoms. The predicted octanol–water partition coefficient (Wildman–Crippen LogP) is 5.53. The van der Waals surface area contributed by atoms with E-state index < -0.39 is 0 Å². The lowest BCUT2D eigenvalue weighted by Gasteiger charge is -2.39. The van der Waals surface area contributed by atoms with E-state index in [4.69, 9.17) is 9.97 Å². The number of likely N-dealkylation sites (tertiary alicyclic amines) is 1. The van der Waals surface area contributed by atoms with E-state index in [1.165, 1.54) is 68.1 Å². The van der Waals surface area contributed by atoms with Gasteiger partial charge in [0, 0.05) is 35.4 Å². The predicted molar refractivity (Wildman–Crippen MR) is 137 cm³/mol. The van der Waals surface area contributed by atoms with Gasteiger partial charge in [0.1, 0.15) is 10.6 Å². The van der Waals surface area contributed by atoms with Crippen molar-refractivity contribution in [3.63, 3.8) is 0 Å². The summed E-state index contributed by atoms with van der Waals surface area (Å²) in [7, 11) is 1.91. The summed E-state index contributed by atoms with van der Waals surface area (Å²) in [5, 5.41) is 13.8. The quantitative estimate of drug-likeness (QED) is 0.407. The molecule has 2 fully saturated rings. The Balaban J connectivity index is 1.27. The largest absolute Gasteiger partial charge is 0.367 e. The zero-order valence-electron chi connectivity index (χ0n) is 19.1. The Morgan fingerprint density at radius 1 is 1.00 bits per heavy atom. The molecule has 2 N–H and O–H groups in total. The topological polar surface area (TPSA) is 70.9 Å². The second-order valence-corrected chi connectivity index (χ2v) is 10.5. The van der Waals surface area contributed by atoms with Crippen LogP contribution in [0.25, 0.3) is 20.3 Å². The lowest BCUT2D eigenvalue weighted by molar-refractivity contribution is 0.127. The number of hydrogen-bond acceptors (Lipinski definition) is 7. The summed E-state index contributed by atoms with van der Waals surface area (Å²) in [6.45, 7) is 2.58. The Hall–Kier alpha value is -2.71. The van der Waals surface area contributed by atoms with E-state index in [2.05, 4.69) is 44.9 Å². The molecular formula is C25H31N7S. The van der Waals surface area contributed by atoms with Crippen LogP contribution < -0.4 is 10.6 Å². The highest BCUT2D eigenvalue weighted by Crippen LogP contribution is 2.38. The molecule has 0 bridgehead atoms. The Bertz CT molecular complexity index is 1250. The van der Waals surface area contributed by atoms with Crippen molar-refractivity contribution < 1.29 is 0 Å². The van der Waals surface area contributed by atoms with Gasteiger partial charge in [0.15, 0.2) is 0 Å². The first-order chi connectivity index (χ1) is 16.2. The third-order valence-corrected chi connectivity index (χ3v) is 8.21. The van der Waals surface area contributed by atoms with Crippen molar-refractivity contribution in [3.8, 4) is 0 Å². The van der Waals surface area contributed by atoms with Gasteiger partial charge in [0.25, 0.3) is 0 Å². The highest BCUT2D eigenvalue weighted by molar-refractivity contribution is 7.25. The molecule has 1 aromatic carbocycles. The van der Waals surface area contributed by atoms with Crippen molar-refractivity contribution in [1.29, 1.82) is 0 Å². The molecule has 2 aliphatic rings. The minimum atomic E-state index is 0.453. The molecule has 0 radical (unpaired) electrons. The van der Waals surface area contributed by atoms with Crippen molar-refractivity contribution in [2.75, 3.05) is 23.7 Å². The number of nitrogens with zero attached hydrogens (tertiary/aromatic N) is 5. The van der Waals surface area contributed by atoms with Crippen LogP contribution in [0.15, 0.2) is 36.7 Å². The van der Waals surface area contributed by atoms with E-state index in [9.17, 15) is 0 Å². The number of anilines is 3. The summed E-state index contributed by atoms with van der Waals surface area (Å²) in [4.78, 5) is 13.6. The minimum absolute atomic E-state index is 0.453.